The molecule has 0 radical (unpaired) electrons. The molecule has 8 nitrogen and oxygen atoms in total. The van der Waals surface area contributed by atoms with Crippen LogP contribution in [0.4, 0.5) is 0 Å². The predicted molar refractivity (Wildman–Crippen MR) is 164 cm³/mol. The van der Waals surface area contributed by atoms with Crippen molar-refractivity contribution >= 4 is 16.9 Å². The highest BCUT2D eigenvalue weighted by molar-refractivity contribution is 5.97. The summed E-state index contributed by atoms with van der Waals surface area (Å²) >= 11 is 0. The van der Waals surface area contributed by atoms with Gasteiger partial charge < -0.3 is 29.1 Å². The molecule has 1 aromatic heterocycles. The minimum absolute atomic E-state index is 0.0161. The third-order valence-corrected chi connectivity index (χ3v) is 7.92. The van der Waals surface area contributed by atoms with Gasteiger partial charge in [-0.3, -0.25) is 0 Å². The van der Waals surface area contributed by atoms with Crippen LogP contribution >= 0.6 is 0 Å². The van der Waals surface area contributed by atoms with Crippen LogP contribution in [0.1, 0.15) is 76.9 Å². The number of nitriles is 1. The number of carbonyl (C=O) groups excluding carboxylic acids is 1. The molecule has 0 saturated heterocycles. The lowest BCUT2D eigenvalue weighted by atomic mass is 9.83. The Morgan fingerprint density at radius 1 is 1.00 bits per heavy atom. The van der Waals surface area contributed by atoms with E-state index < -0.39 is 11.9 Å². The average molecular weight is 581 g/mol. The first-order valence-corrected chi connectivity index (χ1v) is 14.5. The number of allylic oxidation sites excluding steroid dienone is 1. The van der Waals surface area contributed by atoms with Gasteiger partial charge in [0, 0.05) is 22.6 Å². The van der Waals surface area contributed by atoms with Crippen LogP contribution < -0.4 is 24.7 Å². The molecule has 0 bridgehead atoms. The molecule has 5 rings (SSSR count). The van der Waals surface area contributed by atoms with Crippen LogP contribution in [-0.4, -0.2) is 19.7 Å². The number of benzene rings is 3. The number of methoxy groups -OCH3 is 1. The first-order chi connectivity index (χ1) is 20.7. The number of unbranched alkanes of at least 4 members (excludes halogenated alkanes) is 3. The first-order valence-electron chi connectivity index (χ1n) is 14.5. The van der Waals surface area contributed by atoms with E-state index in [0.717, 1.165) is 41.3 Å². The number of aryl methyl sites for hydroxylation is 3. The van der Waals surface area contributed by atoms with Gasteiger partial charge in [-0.25, -0.2) is 4.79 Å². The van der Waals surface area contributed by atoms with E-state index in [4.69, 9.17) is 29.1 Å². The SMILES string of the molecule is CCCCCCOc1ccc(C2C(C#N)=C(N)Oc3cc(OC(=O)c4oc5cc(C)c(C)cc5c4C)ccc32)cc1OC. The number of rotatable bonds is 10. The number of carbonyl (C=O) groups is 1. The van der Waals surface area contributed by atoms with Crippen LogP contribution in [0.15, 0.2) is 64.4 Å². The number of furan rings is 1. The van der Waals surface area contributed by atoms with Crippen LogP contribution in [-0.2, 0) is 0 Å². The van der Waals surface area contributed by atoms with Gasteiger partial charge in [0.2, 0.25) is 11.6 Å². The summed E-state index contributed by atoms with van der Waals surface area (Å²) in [6, 6.07) is 16.8. The van der Waals surface area contributed by atoms with Crippen molar-refractivity contribution in [1.82, 2.24) is 0 Å². The van der Waals surface area contributed by atoms with Crippen LogP contribution in [0.5, 0.6) is 23.0 Å². The molecule has 3 aromatic carbocycles. The Bertz CT molecular complexity index is 1760. The fourth-order valence-corrected chi connectivity index (χ4v) is 5.36. The topological polar surface area (TPSA) is 117 Å². The maximum atomic E-state index is 13.2. The lowest BCUT2D eigenvalue weighted by Gasteiger charge is -2.27. The molecule has 0 aliphatic carbocycles. The van der Waals surface area contributed by atoms with E-state index in [1.807, 2.05) is 51.1 Å². The number of nitrogens with zero attached hydrogens (tertiary/aromatic N) is 1. The minimum Gasteiger partial charge on any atom is -0.493 e. The van der Waals surface area contributed by atoms with E-state index in [1.54, 1.807) is 25.3 Å². The van der Waals surface area contributed by atoms with Gasteiger partial charge in [-0.05, 0) is 74.2 Å². The van der Waals surface area contributed by atoms with Gasteiger partial charge in [-0.15, -0.1) is 0 Å². The number of hydrogen-bond donors (Lipinski definition) is 1. The maximum absolute atomic E-state index is 13.2. The van der Waals surface area contributed by atoms with Gasteiger partial charge in [-0.2, -0.15) is 5.26 Å². The van der Waals surface area contributed by atoms with E-state index in [9.17, 15) is 10.1 Å². The molecule has 0 amide bonds. The number of fused-ring (bicyclic) bond motifs is 2. The van der Waals surface area contributed by atoms with Crippen LogP contribution in [0.2, 0.25) is 0 Å². The number of ether oxygens (including phenoxy) is 4. The number of hydrogen-bond acceptors (Lipinski definition) is 8. The summed E-state index contributed by atoms with van der Waals surface area (Å²) in [6.07, 6.45) is 4.41. The quantitative estimate of drug-likeness (QED) is 0.115. The summed E-state index contributed by atoms with van der Waals surface area (Å²) in [5.74, 6) is 0.831. The summed E-state index contributed by atoms with van der Waals surface area (Å²) in [7, 11) is 1.59. The summed E-state index contributed by atoms with van der Waals surface area (Å²) in [5.41, 5.74) is 11.5. The molecule has 1 aliphatic heterocycles. The van der Waals surface area contributed by atoms with Gasteiger partial charge in [-0.1, -0.05) is 38.3 Å². The molecule has 222 valence electrons. The van der Waals surface area contributed by atoms with E-state index in [2.05, 4.69) is 13.0 Å². The standard InChI is InChI=1S/C35H36N2O6/c1-6-7-8-9-14-40-28-13-10-23(17-31(28)39-5)32-25-12-11-24(18-30(25)43-34(37)27(32)19-36)41-35(38)33-22(4)26-15-20(2)21(3)16-29(26)42-33/h10-13,15-18,32H,6-9,14,37H2,1-5H3. The molecule has 1 unspecified atom stereocenters. The Balaban J connectivity index is 1.42. The van der Waals surface area contributed by atoms with E-state index in [1.165, 1.54) is 6.42 Å². The van der Waals surface area contributed by atoms with Crippen LogP contribution in [0.3, 0.4) is 0 Å². The second-order valence-corrected chi connectivity index (χ2v) is 10.8. The monoisotopic (exact) mass is 580 g/mol. The molecule has 8 heteroatoms. The van der Waals surface area contributed by atoms with E-state index >= 15 is 0 Å². The Morgan fingerprint density at radius 2 is 1.79 bits per heavy atom. The van der Waals surface area contributed by atoms with Crippen molar-refractivity contribution in [2.45, 2.75) is 59.3 Å². The Labute approximate surface area is 251 Å². The molecular weight excluding hydrogens is 544 g/mol. The zero-order valence-corrected chi connectivity index (χ0v) is 25.2. The third-order valence-electron chi connectivity index (χ3n) is 7.92. The zero-order valence-electron chi connectivity index (χ0n) is 25.2. The van der Waals surface area contributed by atoms with Gasteiger partial charge in [0.1, 0.15) is 28.7 Å². The highest BCUT2D eigenvalue weighted by atomic mass is 16.5. The van der Waals surface area contributed by atoms with Gasteiger partial charge >= 0.3 is 5.97 Å². The molecule has 2 N–H and O–H groups in total. The fourth-order valence-electron chi connectivity index (χ4n) is 5.36. The molecule has 1 atom stereocenters. The molecule has 2 heterocycles. The van der Waals surface area contributed by atoms with Gasteiger partial charge in [0.05, 0.1) is 19.6 Å². The van der Waals surface area contributed by atoms with Crippen molar-refractivity contribution in [2.75, 3.05) is 13.7 Å². The van der Waals surface area contributed by atoms with E-state index in [0.29, 0.717) is 40.6 Å². The lowest BCUT2D eigenvalue weighted by Crippen LogP contribution is -2.21. The van der Waals surface area contributed by atoms with Crippen molar-refractivity contribution in [3.63, 3.8) is 0 Å². The normalized spacial score (nSPS) is 14.2. The molecule has 0 spiro atoms. The van der Waals surface area contributed by atoms with Gasteiger partial charge in [0.25, 0.3) is 0 Å². The van der Waals surface area contributed by atoms with Crippen LogP contribution in [0, 0.1) is 32.1 Å². The second kappa shape index (κ2) is 12.5. The second-order valence-electron chi connectivity index (χ2n) is 10.8. The smallest absolute Gasteiger partial charge is 0.379 e. The highest BCUT2D eigenvalue weighted by Gasteiger charge is 2.32. The Kier molecular flexibility index (Phi) is 8.63. The maximum Gasteiger partial charge on any atom is 0.379 e. The minimum atomic E-state index is -0.618. The van der Waals surface area contributed by atoms with Crippen molar-refractivity contribution < 1.29 is 28.2 Å². The molecule has 0 fully saturated rings. The zero-order chi connectivity index (χ0) is 30.7. The van der Waals surface area contributed by atoms with Crippen molar-refractivity contribution in [1.29, 1.82) is 5.26 Å². The highest BCUT2D eigenvalue weighted by Crippen LogP contribution is 2.45. The largest absolute Gasteiger partial charge is 0.493 e. The molecule has 43 heavy (non-hydrogen) atoms. The van der Waals surface area contributed by atoms with Crippen LogP contribution in [0.25, 0.3) is 11.0 Å². The lowest BCUT2D eigenvalue weighted by molar-refractivity contribution is 0.0702. The predicted octanol–water partition coefficient (Wildman–Crippen LogP) is 7.76. The molecular formula is C35H36N2O6. The van der Waals surface area contributed by atoms with Crippen molar-refractivity contribution in [2.24, 2.45) is 5.73 Å². The Hall–Kier alpha value is -4.90. The molecule has 1 aliphatic rings. The van der Waals surface area contributed by atoms with Crippen molar-refractivity contribution in [3.8, 4) is 29.1 Å². The number of nitrogens with two attached hydrogens (primary N) is 1. The fraction of sp³-hybridized carbons (Fsp3) is 0.314. The summed E-state index contributed by atoms with van der Waals surface area (Å²) < 4.78 is 29.1. The summed E-state index contributed by atoms with van der Waals surface area (Å²) in [5, 5.41) is 10.9. The molecule has 4 aromatic rings. The summed E-state index contributed by atoms with van der Waals surface area (Å²) in [6.45, 7) is 8.62. The van der Waals surface area contributed by atoms with Gasteiger partial charge in [0.15, 0.2) is 11.5 Å². The third kappa shape index (κ3) is 5.89. The summed E-state index contributed by atoms with van der Waals surface area (Å²) in [4.78, 5) is 13.2. The average Bonchev–Trinajstić information content (AvgIpc) is 3.31. The first kappa shape index (κ1) is 29.6. The number of esters is 1. The van der Waals surface area contributed by atoms with Crippen molar-refractivity contribution in [3.05, 3.63) is 93.6 Å². The molecule has 0 saturated carbocycles. The van der Waals surface area contributed by atoms with E-state index in [-0.39, 0.29) is 23.0 Å². The Morgan fingerprint density at radius 3 is 2.53 bits per heavy atom.